The van der Waals surface area contributed by atoms with Gasteiger partial charge in [-0.1, -0.05) is 5.21 Å². The maximum Gasteiger partial charge on any atom is 0.153 e. The highest BCUT2D eigenvalue weighted by atomic mass is 79.9. The number of aryl methyl sites for hydroxylation is 1. The number of methoxy groups -OCH3 is 1. The van der Waals surface area contributed by atoms with Gasteiger partial charge in [-0.25, -0.2) is 4.68 Å². The molecule has 80 valence electrons. The summed E-state index contributed by atoms with van der Waals surface area (Å²) in [4.78, 5) is 0. The molecular formula is C8H15BrN4O. The summed E-state index contributed by atoms with van der Waals surface area (Å²) in [6.45, 7) is 0.711. The van der Waals surface area contributed by atoms with Gasteiger partial charge in [-0.05, 0) is 29.4 Å². The topological polar surface area (TPSA) is 52.0 Å². The Hall–Kier alpha value is -0.460. The number of hydrogen-bond donors (Lipinski definition) is 1. The van der Waals surface area contributed by atoms with Gasteiger partial charge in [-0.3, -0.25) is 0 Å². The average Bonchev–Trinajstić information content (AvgIpc) is 2.50. The molecule has 0 amide bonds. The fourth-order valence-electron chi connectivity index (χ4n) is 1.36. The molecule has 0 aromatic carbocycles. The average molecular weight is 263 g/mol. The molecule has 0 aliphatic heterocycles. The SMILES string of the molecule is CNC(CCOC)c1c(Br)nnn1C. The first-order chi connectivity index (χ1) is 6.70. The largest absolute Gasteiger partial charge is 0.385 e. The van der Waals surface area contributed by atoms with Crippen molar-refractivity contribution in [1.82, 2.24) is 20.3 Å². The van der Waals surface area contributed by atoms with Crippen molar-refractivity contribution in [3.05, 3.63) is 10.3 Å². The Morgan fingerprint density at radius 1 is 1.64 bits per heavy atom. The van der Waals surface area contributed by atoms with E-state index in [4.69, 9.17) is 4.74 Å². The van der Waals surface area contributed by atoms with Crippen LogP contribution in [0.15, 0.2) is 4.60 Å². The molecule has 1 atom stereocenters. The summed E-state index contributed by atoms with van der Waals surface area (Å²) >= 11 is 3.38. The van der Waals surface area contributed by atoms with Crippen LogP contribution in [0.1, 0.15) is 18.2 Å². The van der Waals surface area contributed by atoms with Crippen molar-refractivity contribution < 1.29 is 4.74 Å². The van der Waals surface area contributed by atoms with Crippen LogP contribution in [-0.4, -0.2) is 35.8 Å². The summed E-state index contributed by atoms with van der Waals surface area (Å²) in [6, 6.07) is 0.212. The van der Waals surface area contributed by atoms with Gasteiger partial charge in [0.05, 0.1) is 11.7 Å². The van der Waals surface area contributed by atoms with E-state index in [1.807, 2.05) is 14.1 Å². The molecule has 1 rings (SSSR count). The maximum atomic E-state index is 5.05. The predicted molar refractivity (Wildman–Crippen MR) is 57.0 cm³/mol. The molecule has 0 fully saturated rings. The molecule has 0 spiro atoms. The first-order valence-corrected chi connectivity index (χ1v) is 5.21. The van der Waals surface area contributed by atoms with E-state index in [1.165, 1.54) is 0 Å². The molecule has 0 saturated carbocycles. The van der Waals surface area contributed by atoms with Crippen LogP contribution in [0.2, 0.25) is 0 Å². The van der Waals surface area contributed by atoms with Crippen LogP contribution in [0.5, 0.6) is 0 Å². The van der Waals surface area contributed by atoms with Crippen molar-refractivity contribution in [2.75, 3.05) is 20.8 Å². The number of rotatable bonds is 5. The Bertz CT molecular complexity index is 269. The van der Waals surface area contributed by atoms with Gasteiger partial charge in [0.1, 0.15) is 0 Å². The second-order valence-electron chi connectivity index (χ2n) is 3.01. The van der Waals surface area contributed by atoms with Gasteiger partial charge in [0.15, 0.2) is 4.60 Å². The molecule has 14 heavy (non-hydrogen) atoms. The lowest BCUT2D eigenvalue weighted by Crippen LogP contribution is -2.21. The summed E-state index contributed by atoms with van der Waals surface area (Å²) in [5.74, 6) is 0. The van der Waals surface area contributed by atoms with Gasteiger partial charge in [0, 0.05) is 20.8 Å². The third kappa shape index (κ3) is 2.52. The lowest BCUT2D eigenvalue weighted by atomic mass is 10.1. The molecule has 0 aliphatic rings. The Morgan fingerprint density at radius 3 is 2.79 bits per heavy atom. The third-order valence-electron chi connectivity index (χ3n) is 2.12. The normalized spacial score (nSPS) is 13.1. The summed E-state index contributed by atoms with van der Waals surface area (Å²) < 4.78 is 7.60. The zero-order chi connectivity index (χ0) is 10.6. The van der Waals surface area contributed by atoms with Crippen LogP contribution in [0.4, 0.5) is 0 Å². The van der Waals surface area contributed by atoms with E-state index in [1.54, 1.807) is 11.8 Å². The molecule has 5 nitrogen and oxygen atoms in total. The summed E-state index contributed by atoms with van der Waals surface area (Å²) in [5, 5.41) is 11.1. The molecule has 0 aliphatic carbocycles. The maximum absolute atomic E-state index is 5.05. The monoisotopic (exact) mass is 262 g/mol. The minimum atomic E-state index is 0.212. The highest BCUT2D eigenvalue weighted by Crippen LogP contribution is 2.22. The highest BCUT2D eigenvalue weighted by Gasteiger charge is 2.17. The Kier molecular flexibility index (Phi) is 4.50. The number of nitrogens with zero attached hydrogens (tertiary/aromatic N) is 3. The number of aromatic nitrogens is 3. The number of nitrogens with one attached hydrogen (secondary N) is 1. The van der Waals surface area contributed by atoms with Gasteiger partial charge in [0.25, 0.3) is 0 Å². The summed E-state index contributed by atoms with van der Waals surface area (Å²) in [7, 11) is 5.49. The summed E-state index contributed by atoms with van der Waals surface area (Å²) in [6.07, 6.45) is 0.896. The van der Waals surface area contributed by atoms with Crippen molar-refractivity contribution in [2.45, 2.75) is 12.5 Å². The molecule has 0 bridgehead atoms. The smallest absolute Gasteiger partial charge is 0.153 e. The van der Waals surface area contributed by atoms with E-state index >= 15 is 0 Å². The predicted octanol–water partition coefficient (Wildman–Crippen LogP) is 0.875. The lowest BCUT2D eigenvalue weighted by molar-refractivity contribution is 0.183. The van der Waals surface area contributed by atoms with Crippen LogP contribution >= 0.6 is 15.9 Å². The minimum Gasteiger partial charge on any atom is -0.385 e. The molecular weight excluding hydrogens is 248 g/mol. The van der Waals surface area contributed by atoms with E-state index < -0.39 is 0 Å². The Labute approximate surface area is 91.9 Å². The minimum absolute atomic E-state index is 0.212. The van der Waals surface area contributed by atoms with Crippen LogP contribution < -0.4 is 5.32 Å². The summed E-state index contributed by atoms with van der Waals surface area (Å²) in [5.41, 5.74) is 1.05. The van der Waals surface area contributed by atoms with Gasteiger partial charge in [-0.2, -0.15) is 0 Å². The van der Waals surface area contributed by atoms with Crippen LogP contribution in [0.25, 0.3) is 0 Å². The van der Waals surface area contributed by atoms with Gasteiger partial charge in [-0.15, -0.1) is 5.10 Å². The molecule has 1 N–H and O–H groups in total. The molecule has 0 saturated heterocycles. The number of hydrogen-bond acceptors (Lipinski definition) is 4. The van der Waals surface area contributed by atoms with Gasteiger partial charge >= 0.3 is 0 Å². The van der Waals surface area contributed by atoms with Crippen molar-refractivity contribution in [3.8, 4) is 0 Å². The van der Waals surface area contributed by atoms with E-state index in [0.717, 1.165) is 16.7 Å². The van der Waals surface area contributed by atoms with Crippen molar-refractivity contribution in [2.24, 2.45) is 7.05 Å². The Morgan fingerprint density at radius 2 is 2.36 bits per heavy atom. The Balaban J connectivity index is 2.77. The van der Waals surface area contributed by atoms with Gasteiger partial charge in [0.2, 0.25) is 0 Å². The van der Waals surface area contributed by atoms with Crippen molar-refractivity contribution in [3.63, 3.8) is 0 Å². The highest BCUT2D eigenvalue weighted by molar-refractivity contribution is 9.10. The van der Waals surface area contributed by atoms with Crippen LogP contribution in [0, 0.1) is 0 Å². The van der Waals surface area contributed by atoms with Crippen LogP contribution in [-0.2, 0) is 11.8 Å². The van der Waals surface area contributed by atoms with E-state index in [2.05, 4.69) is 31.6 Å². The quantitative estimate of drug-likeness (QED) is 0.856. The number of halogens is 1. The first-order valence-electron chi connectivity index (χ1n) is 4.42. The second kappa shape index (κ2) is 5.43. The first kappa shape index (κ1) is 11.6. The molecule has 0 radical (unpaired) electrons. The zero-order valence-corrected chi connectivity index (χ0v) is 10.2. The van der Waals surface area contributed by atoms with E-state index in [0.29, 0.717) is 6.61 Å². The number of ether oxygens (including phenoxy) is 1. The fraction of sp³-hybridized carbons (Fsp3) is 0.750. The van der Waals surface area contributed by atoms with Crippen molar-refractivity contribution in [1.29, 1.82) is 0 Å². The standard InChI is InChI=1S/C8H15BrN4O/c1-10-6(4-5-14-3)7-8(9)11-12-13(7)2/h6,10H,4-5H2,1-3H3. The molecule has 6 heteroatoms. The van der Waals surface area contributed by atoms with Gasteiger partial charge < -0.3 is 10.1 Å². The third-order valence-corrected chi connectivity index (χ3v) is 2.68. The lowest BCUT2D eigenvalue weighted by Gasteiger charge is -2.15. The van der Waals surface area contributed by atoms with Crippen LogP contribution in [0.3, 0.4) is 0 Å². The zero-order valence-electron chi connectivity index (χ0n) is 8.62. The molecule has 1 aromatic heterocycles. The van der Waals surface area contributed by atoms with E-state index in [9.17, 15) is 0 Å². The second-order valence-corrected chi connectivity index (χ2v) is 3.76. The molecule has 1 heterocycles. The van der Waals surface area contributed by atoms with Crippen molar-refractivity contribution >= 4 is 15.9 Å². The molecule has 1 aromatic rings. The van der Waals surface area contributed by atoms with E-state index in [-0.39, 0.29) is 6.04 Å². The fourth-order valence-corrected chi connectivity index (χ4v) is 1.97. The molecule has 1 unspecified atom stereocenters.